The summed E-state index contributed by atoms with van der Waals surface area (Å²) in [6.45, 7) is -0.123. The molecule has 0 aliphatic heterocycles. The molecular weight excluding hydrogens is 568 g/mol. The summed E-state index contributed by atoms with van der Waals surface area (Å²) in [6.07, 6.45) is 13.8. The first-order valence-electron chi connectivity index (χ1n) is 13.6. The fourth-order valence-corrected chi connectivity index (χ4v) is 4.59. The van der Waals surface area contributed by atoms with E-state index in [4.69, 9.17) is 9.47 Å². The molecule has 0 fully saturated rings. The maximum absolute atomic E-state index is 11.6. The normalized spacial score (nSPS) is 11.4. The summed E-state index contributed by atoms with van der Waals surface area (Å²) in [6, 6.07) is 22.1. The standard InChI is InChI=1S/C19H15N3O3.C16H11N3O/c1-24-12-19(23)25-15-4-5-18-16(8-15)17(11-22-18)14(9-20)7-13-3-2-6-21-10-13;17-8-12(6-11-2-1-5-18-9-11)15-10-19-16-4-3-13(20)7-14(15)16/h2-8,10-11,22H,12H2,1H3;1-7,9-10,19-20H/b14-7+;12-6+. The van der Waals surface area contributed by atoms with Crippen molar-refractivity contribution in [3.8, 4) is 23.6 Å². The number of carbonyl (C=O) groups excluding carboxylic acids is 1. The largest absolute Gasteiger partial charge is 0.508 e. The van der Waals surface area contributed by atoms with Crippen molar-refractivity contribution in [3.63, 3.8) is 0 Å². The average molecular weight is 595 g/mol. The molecule has 10 heteroatoms. The lowest BCUT2D eigenvalue weighted by atomic mass is 10.0. The molecule has 0 amide bonds. The Hall–Kier alpha value is -6.49. The third-order valence-corrected chi connectivity index (χ3v) is 6.62. The van der Waals surface area contributed by atoms with E-state index in [0.717, 1.165) is 44.1 Å². The van der Waals surface area contributed by atoms with Gasteiger partial charge < -0.3 is 24.5 Å². The van der Waals surface area contributed by atoms with E-state index in [1.165, 1.54) is 7.11 Å². The maximum Gasteiger partial charge on any atom is 0.337 e. The number of ether oxygens (including phenoxy) is 2. The fraction of sp³-hybridized carbons (Fsp3) is 0.0571. The van der Waals surface area contributed by atoms with E-state index in [9.17, 15) is 20.4 Å². The van der Waals surface area contributed by atoms with Crippen molar-refractivity contribution in [1.82, 2.24) is 19.9 Å². The molecule has 0 aliphatic carbocycles. The van der Waals surface area contributed by atoms with Crippen molar-refractivity contribution in [1.29, 1.82) is 10.5 Å². The monoisotopic (exact) mass is 594 g/mol. The molecule has 0 saturated heterocycles. The van der Waals surface area contributed by atoms with Gasteiger partial charge in [-0.25, -0.2) is 4.79 Å². The van der Waals surface area contributed by atoms with E-state index in [1.807, 2.05) is 24.3 Å². The summed E-state index contributed by atoms with van der Waals surface area (Å²) in [5.74, 6) is 0.0939. The van der Waals surface area contributed by atoms with Crippen molar-refractivity contribution in [2.24, 2.45) is 0 Å². The van der Waals surface area contributed by atoms with Crippen LogP contribution in [0.3, 0.4) is 0 Å². The van der Waals surface area contributed by atoms with Crippen LogP contribution < -0.4 is 4.74 Å². The van der Waals surface area contributed by atoms with Crippen LogP contribution in [0, 0.1) is 22.7 Å². The summed E-state index contributed by atoms with van der Waals surface area (Å²) < 4.78 is 9.98. The number of carbonyl (C=O) groups is 1. The Morgan fingerprint density at radius 3 is 1.91 bits per heavy atom. The average Bonchev–Trinajstić information content (AvgIpc) is 3.68. The molecule has 45 heavy (non-hydrogen) atoms. The van der Waals surface area contributed by atoms with E-state index in [0.29, 0.717) is 16.9 Å². The highest BCUT2D eigenvalue weighted by Crippen LogP contribution is 2.30. The number of fused-ring (bicyclic) bond motifs is 2. The van der Waals surface area contributed by atoms with Gasteiger partial charge in [-0.1, -0.05) is 12.1 Å². The molecule has 220 valence electrons. The summed E-state index contributed by atoms with van der Waals surface area (Å²) in [4.78, 5) is 25.9. The number of benzene rings is 2. The van der Waals surface area contributed by atoms with Gasteiger partial charge in [0.05, 0.1) is 23.3 Å². The Morgan fingerprint density at radius 2 is 1.40 bits per heavy atom. The second-order valence-electron chi connectivity index (χ2n) is 9.66. The molecule has 0 radical (unpaired) electrons. The first-order chi connectivity index (χ1) is 22.0. The van der Waals surface area contributed by atoms with Crippen LogP contribution in [0.2, 0.25) is 0 Å². The van der Waals surface area contributed by atoms with Crippen molar-refractivity contribution in [3.05, 3.63) is 120 Å². The Balaban J connectivity index is 0.000000182. The lowest BCUT2D eigenvalue weighted by molar-refractivity contribution is -0.138. The quantitative estimate of drug-likeness (QED) is 0.107. The molecule has 0 saturated carbocycles. The van der Waals surface area contributed by atoms with Gasteiger partial charge in [0.2, 0.25) is 0 Å². The number of nitriles is 2. The number of aromatic amines is 2. The maximum atomic E-state index is 11.6. The Kier molecular flexibility index (Phi) is 9.41. The van der Waals surface area contributed by atoms with Gasteiger partial charge in [0.1, 0.15) is 18.1 Å². The third kappa shape index (κ3) is 7.30. The molecule has 0 aliphatic rings. The Bertz CT molecular complexity index is 2100. The number of hydrogen-bond donors (Lipinski definition) is 3. The molecule has 6 rings (SSSR count). The predicted octanol–water partition coefficient (Wildman–Crippen LogP) is 6.51. The Labute approximate surface area is 258 Å². The van der Waals surface area contributed by atoms with Gasteiger partial charge in [-0.2, -0.15) is 10.5 Å². The van der Waals surface area contributed by atoms with E-state index in [1.54, 1.807) is 85.7 Å². The van der Waals surface area contributed by atoms with Crippen LogP contribution >= 0.6 is 0 Å². The number of allylic oxidation sites excluding steroid dienone is 2. The zero-order valence-electron chi connectivity index (χ0n) is 24.1. The molecule has 6 aromatic rings. The van der Waals surface area contributed by atoms with Crippen LogP contribution in [0.25, 0.3) is 45.1 Å². The summed E-state index contributed by atoms with van der Waals surface area (Å²) >= 11 is 0. The number of phenols is 1. The second kappa shape index (κ2) is 14.1. The lowest BCUT2D eigenvalue weighted by Gasteiger charge is -2.04. The summed E-state index contributed by atoms with van der Waals surface area (Å²) in [7, 11) is 1.43. The van der Waals surface area contributed by atoms with Crippen molar-refractivity contribution in [2.45, 2.75) is 0 Å². The van der Waals surface area contributed by atoms with Crippen LogP contribution in [-0.2, 0) is 9.53 Å². The number of H-pyrrole nitrogens is 2. The van der Waals surface area contributed by atoms with Crippen LogP contribution in [-0.4, -0.2) is 44.7 Å². The molecule has 0 unspecified atom stereocenters. The molecule has 0 atom stereocenters. The highest BCUT2D eigenvalue weighted by Gasteiger charge is 2.12. The second-order valence-corrected chi connectivity index (χ2v) is 9.66. The first kappa shape index (κ1) is 30.0. The van der Waals surface area contributed by atoms with Crippen molar-refractivity contribution in [2.75, 3.05) is 13.7 Å². The van der Waals surface area contributed by atoms with Gasteiger partial charge in [-0.15, -0.1) is 0 Å². The number of hydrogen-bond acceptors (Lipinski definition) is 8. The van der Waals surface area contributed by atoms with Crippen LogP contribution in [0.5, 0.6) is 11.5 Å². The molecular formula is C35H26N6O4. The SMILES string of the molecule is COCC(=O)Oc1ccc2[nH]cc(/C(C#N)=C/c3cccnc3)c2c1.N#C/C(=C\c1cccnc1)c1c[nH]c2ccc(O)cc12. The number of aromatic nitrogens is 4. The molecule has 3 N–H and O–H groups in total. The number of rotatable bonds is 7. The molecule has 10 nitrogen and oxygen atoms in total. The highest BCUT2D eigenvalue weighted by molar-refractivity contribution is 6.02. The molecule has 0 spiro atoms. The first-order valence-corrected chi connectivity index (χ1v) is 13.6. The van der Waals surface area contributed by atoms with E-state index in [-0.39, 0.29) is 12.4 Å². The van der Waals surface area contributed by atoms with Gasteiger partial charge in [0.15, 0.2) is 0 Å². The summed E-state index contributed by atoms with van der Waals surface area (Å²) in [5, 5.41) is 30.1. The number of pyridine rings is 2. The van der Waals surface area contributed by atoms with Gasteiger partial charge in [0, 0.05) is 77.2 Å². The van der Waals surface area contributed by atoms with Crippen LogP contribution in [0.4, 0.5) is 0 Å². The zero-order chi connectivity index (χ0) is 31.6. The molecule has 0 bridgehead atoms. The number of aromatic hydroxyl groups is 1. The van der Waals surface area contributed by atoms with Crippen LogP contribution in [0.1, 0.15) is 22.3 Å². The number of nitrogens with one attached hydrogen (secondary N) is 2. The van der Waals surface area contributed by atoms with Gasteiger partial charge >= 0.3 is 5.97 Å². The smallest absolute Gasteiger partial charge is 0.337 e. The Morgan fingerprint density at radius 1 is 0.844 bits per heavy atom. The minimum absolute atomic E-state index is 0.123. The number of nitrogens with zero attached hydrogens (tertiary/aromatic N) is 4. The minimum atomic E-state index is -0.481. The number of esters is 1. The number of methoxy groups -OCH3 is 1. The molecule has 4 aromatic heterocycles. The summed E-state index contributed by atoms with van der Waals surface area (Å²) in [5.41, 5.74) is 5.91. The van der Waals surface area contributed by atoms with E-state index < -0.39 is 5.97 Å². The van der Waals surface area contributed by atoms with Gasteiger partial charge in [0.25, 0.3) is 0 Å². The van der Waals surface area contributed by atoms with E-state index in [2.05, 4.69) is 32.1 Å². The van der Waals surface area contributed by atoms with Gasteiger partial charge in [-0.05, 0) is 71.8 Å². The third-order valence-electron chi connectivity index (χ3n) is 6.62. The van der Waals surface area contributed by atoms with Crippen LogP contribution in [0.15, 0.2) is 97.8 Å². The molecule has 4 heterocycles. The minimum Gasteiger partial charge on any atom is -0.508 e. The zero-order valence-corrected chi connectivity index (χ0v) is 24.1. The van der Waals surface area contributed by atoms with Gasteiger partial charge in [-0.3, -0.25) is 9.97 Å². The van der Waals surface area contributed by atoms with E-state index >= 15 is 0 Å². The van der Waals surface area contributed by atoms with Crippen molar-refractivity contribution >= 4 is 51.1 Å². The highest BCUT2D eigenvalue weighted by atomic mass is 16.6. The molecule has 2 aromatic carbocycles. The number of phenolic OH excluding ortho intramolecular Hbond substituents is 1. The fourth-order valence-electron chi connectivity index (χ4n) is 4.59. The lowest BCUT2D eigenvalue weighted by Crippen LogP contribution is -2.14. The predicted molar refractivity (Wildman–Crippen MR) is 171 cm³/mol. The van der Waals surface area contributed by atoms with Crippen molar-refractivity contribution < 1.29 is 19.4 Å². The topological polar surface area (TPSA) is 161 Å².